The summed E-state index contributed by atoms with van der Waals surface area (Å²) in [5.74, 6) is 1.59. The Morgan fingerprint density at radius 2 is 1.89 bits per heavy atom. The SMILES string of the molecule is CC(C)(CN)CC(N)c1ccc2c(c1)OCCO2. The molecule has 0 amide bonds. The third-order valence-electron chi connectivity index (χ3n) is 3.32. The zero-order valence-corrected chi connectivity index (χ0v) is 11.1. The zero-order chi connectivity index (χ0) is 13.2. The number of nitrogens with two attached hydrogens (primary N) is 2. The Balaban J connectivity index is 2.13. The predicted octanol–water partition coefficient (Wildman–Crippen LogP) is 1.83. The van der Waals surface area contributed by atoms with E-state index in [1.807, 2.05) is 18.2 Å². The topological polar surface area (TPSA) is 70.5 Å². The molecule has 4 heteroatoms. The first kappa shape index (κ1) is 13.2. The molecule has 4 nitrogen and oxygen atoms in total. The first-order valence-electron chi connectivity index (χ1n) is 6.37. The second-order valence-electron chi connectivity index (χ2n) is 5.58. The van der Waals surface area contributed by atoms with Gasteiger partial charge in [-0.3, -0.25) is 0 Å². The van der Waals surface area contributed by atoms with E-state index >= 15 is 0 Å². The maximum Gasteiger partial charge on any atom is 0.161 e. The van der Waals surface area contributed by atoms with E-state index in [9.17, 15) is 0 Å². The average Bonchev–Trinajstić information content (AvgIpc) is 2.37. The van der Waals surface area contributed by atoms with Crippen molar-refractivity contribution in [3.05, 3.63) is 23.8 Å². The lowest BCUT2D eigenvalue weighted by Gasteiger charge is -2.27. The summed E-state index contributed by atoms with van der Waals surface area (Å²) >= 11 is 0. The van der Waals surface area contributed by atoms with Crippen molar-refractivity contribution in [1.29, 1.82) is 0 Å². The van der Waals surface area contributed by atoms with E-state index in [-0.39, 0.29) is 11.5 Å². The van der Waals surface area contributed by atoms with Crippen LogP contribution in [0.25, 0.3) is 0 Å². The molecule has 1 aromatic carbocycles. The lowest BCUT2D eigenvalue weighted by molar-refractivity contribution is 0.171. The smallest absolute Gasteiger partial charge is 0.161 e. The summed E-state index contributed by atoms with van der Waals surface area (Å²) in [7, 11) is 0. The minimum absolute atomic E-state index is 0.0284. The van der Waals surface area contributed by atoms with Gasteiger partial charge < -0.3 is 20.9 Å². The van der Waals surface area contributed by atoms with Gasteiger partial charge in [0.25, 0.3) is 0 Å². The van der Waals surface area contributed by atoms with Crippen molar-refractivity contribution >= 4 is 0 Å². The van der Waals surface area contributed by atoms with Crippen LogP contribution in [0.2, 0.25) is 0 Å². The molecule has 1 aromatic rings. The lowest BCUT2D eigenvalue weighted by Crippen LogP contribution is -2.28. The molecule has 0 saturated heterocycles. The number of rotatable bonds is 4. The maximum atomic E-state index is 6.24. The molecule has 1 unspecified atom stereocenters. The highest BCUT2D eigenvalue weighted by Gasteiger charge is 2.22. The highest BCUT2D eigenvalue weighted by atomic mass is 16.6. The third-order valence-corrected chi connectivity index (χ3v) is 3.32. The number of hydrogen-bond donors (Lipinski definition) is 2. The van der Waals surface area contributed by atoms with Crippen LogP contribution < -0.4 is 20.9 Å². The van der Waals surface area contributed by atoms with Crippen LogP contribution in [-0.4, -0.2) is 19.8 Å². The van der Waals surface area contributed by atoms with Gasteiger partial charge in [0.15, 0.2) is 11.5 Å². The second-order valence-corrected chi connectivity index (χ2v) is 5.58. The molecule has 0 aliphatic carbocycles. The summed E-state index contributed by atoms with van der Waals surface area (Å²) in [4.78, 5) is 0. The Morgan fingerprint density at radius 1 is 1.22 bits per heavy atom. The molecule has 0 radical (unpaired) electrons. The highest BCUT2D eigenvalue weighted by Crippen LogP contribution is 2.34. The van der Waals surface area contributed by atoms with Crippen LogP contribution in [-0.2, 0) is 0 Å². The molecule has 0 bridgehead atoms. The van der Waals surface area contributed by atoms with E-state index in [0.29, 0.717) is 19.8 Å². The fourth-order valence-corrected chi connectivity index (χ4v) is 2.09. The Morgan fingerprint density at radius 3 is 2.56 bits per heavy atom. The number of benzene rings is 1. The molecule has 1 heterocycles. The number of fused-ring (bicyclic) bond motifs is 1. The van der Waals surface area contributed by atoms with Crippen molar-refractivity contribution in [3.63, 3.8) is 0 Å². The van der Waals surface area contributed by atoms with E-state index < -0.39 is 0 Å². The number of hydrogen-bond acceptors (Lipinski definition) is 4. The van der Waals surface area contributed by atoms with Crippen LogP contribution in [0.5, 0.6) is 11.5 Å². The summed E-state index contributed by atoms with van der Waals surface area (Å²) < 4.78 is 11.1. The third kappa shape index (κ3) is 2.94. The van der Waals surface area contributed by atoms with E-state index in [2.05, 4.69) is 13.8 Å². The van der Waals surface area contributed by atoms with Crippen molar-refractivity contribution in [2.75, 3.05) is 19.8 Å². The molecule has 0 saturated carbocycles. The van der Waals surface area contributed by atoms with Gasteiger partial charge in [0.2, 0.25) is 0 Å². The average molecular weight is 250 g/mol. The van der Waals surface area contributed by atoms with Crippen LogP contribution in [0.3, 0.4) is 0 Å². The van der Waals surface area contributed by atoms with Gasteiger partial charge in [-0.15, -0.1) is 0 Å². The van der Waals surface area contributed by atoms with Crippen molar-refractivity contribution in [1.82, 2.24) is 0 Å². The summed E-state index contributed by atoms with van der Waals surface area (Å²) in [6.45, 7) is 6.10. The Bertz CT molecular complexity index is 418. The van der Waals surface area contributed by atoms with Crippen molar-refractivity contribution < 1.29 is 9.47 Å². The minimum Gasteiger partial charge on any atom is -0.486 e. The molecule has 1 atom stereocenters. The molecule has 0 aromatic heterocycles. The van der Waals surface area contributed by atoms with Crippen LogP contribution in [0.4, 0.5) is 0 Å². The van der Waals surface area contributed by atoms with Gasteiger partial charge in [-0.1, -0.05) is 19.9 Å². The normalized spacial score (nSPS) is 16.4. The molecular weight excluding hydrogens is 228 g/mol. The summed E-state index contributed by atoms with van der Waals surface area (Å²) in [5.41, 5.74) is 13.1. The monoisotopic (exact) mass is 250 g/mol. The minimum atomic E-state index is -0.0284. The molecule has 2 rings (SSSR count). The molecular formula is C14H22N2O2. The predicted molar refractivity (Wildman–Crippen MR) is 71.8 cm³/mol. The van der Waals surface area contributed by atoms with Gasteiger partial charge in [-0.2, -0.15) is 0 Å². The van der Waals surface area contributed by atoms with Crippen LogP contribution in [0.1, 0.15) is 31.9 Å². The van der Waals surface area contributed by atoms with Gasteiger partial charge in [0, 0.05) is 6.04 Å². The zero-order valence-electron chi connectivity index (χ0n) is 11.1. The van der Waals surface area contributed by atoms with Gasteiger partial charge in [0.05, 0.1) is 0 Å². The quantitative estimate of drug-likeness (QED) is 0.855. The van der Waals surface area contributed by atoms with Crippen LogP contribution in [0, 0.1) is 5.41 Å². The van der Waals surface area contributed by atoms with Crippen LogP contribution >= 0.6 is 0 Å². The molecule has 0 fully saturated rings. The van der Waals surface area contributed by atoms with Crippen molar-refractivity contribution in [2.24, 2.45) is 16.9 Å². The first-order valence-corrected chi connectivity index (χ1v) is 6.37. The summed E-state index contributed by atoms with van der Waals surface area (Å²) in [6, 6.07) is 5.88. The van der Waals surface area contributed by atoms with E-state index in [0.717, 1.165) is 23.5 Å². The molecule has 1 aliphatic heterocycles. The van der Waals surface area contributed by atoms with Gasteiger partial charge in [-0.25, -0.2) is 0 Å². The van der Waals surface area contributed by atoms with Gasteiger partial charge >= 0.3 is 0 Å². The largest absolute Gasteiger partial charge is 0.486 e. The maximum absolute atomic E-state index is 6.24. The van der Waals surface area contributed by atoms with Crippen molar-refractivity contribution in [2.45, 2.75) is 26.3 Å². The Kier molecular flexibility index (Phi) is 3.78. The Hall–Kier alpha value is -1.26. The van der Waals surface area contributed by atoms with E-state index in [1.165, 1.54) is 0 Å². The lowest BCUT2D eigenvalue weighted by atomic mass is 9.84. The van der Waals surface area contributed by atoms with Gasteiger partial charge in [0.1, 0.15) is 13.2 Å². The van der Waals surface area contributed by atoms with Crippen LogP contribution in [0.15, 0.2) is 18.2 Å². The second kappa shape index (κ2) is 5.16. The summed E-state index contributed by atoms with van der Waals surface area (Å²) in [6.07, 6.45) is 0.850. The summed E-state index contributed by atoms with van der Waals surface area (Å²) in [5, 5.41) is 0. The standard InChI is InChI=1S/C14H22N2O2/c1-14(2,9-15)8-11(16)10-3-4-12-13(7-10)18-6-5-17-12/h3-4,7,11H,5-6,8-9,15-16H2,1-2H3. The Labute approximate surface area is 108 Å². The number of ether oxygens (including phenoxy) is 2. The molecule has 100 valence electrons. The molecule has 1 aliphatic rings. The molecule has 0 spiro atoms. The van der Waals surface area contributed by atoms with E-state index in [4.69, 9.17) is 20.9 Å². The van der Waals surface area contributed by atoms with E-state index in [1.54, 1.807) is 0 Å². The molecule has 18 heavy (non-hydrogen) atoms. The fraction of sp³-hybridized carbons (Fsp3) is 0.571. The van der Waals surface area contributed by atoms with Crippen molar-refractivity contribution in [3.8, 4) is 11.5 Å². The molecule has 4 N–H and O–H groups in total. The first-order chi connectivity index (χ1) is 8.52. The fourth-order valence-electron chi connectivity index (χ4n) is 2.09. The highest BCUT2D eigenvalue weighted by molar-refractivity contribution is 5.44. The van der Waals surface area contributed by atoms with Gasteiger partial charge in [-0.05, 0) is 36.1 Å².